The number of ether oxygens (including phenoxy) is 1. The number of carbonyl (C=O) groups excluding carboxylic acids is 1. The maximum Gasteiger partial charge on any atom is 0.224 e. The average molecular weight is 254 g/mol. The second-order valence-corrected chi connectivity index (χ2v) is 5.63. The minimum atomic E-state index is 0.251. The van der Waals surface area contributed by atoms with Gasteiger partial charge in [-0.05, 0) is 31.6 Å². The van der Waals surface area contributed by atoms with Gasteiger partial charge in [-0.1, -0.05) is 6.92 Å². The summed E-state index contributed by atoms with van der Waals surface area (Å²) in [6.07, 6.45) is 5.84. The molecule has 0 aromatic rings. The number of nitrogens with one attached hydrogen (secondary N) is 1. The van der Waals surface area contributed by atoms with Crippen LogP contribution in [0.25, 0.3) is 0 Å². The first-order chi connectivity index (χ1) is 8.75. The van der Waals surface area contributed by atoms with Crippen LogP contribution in [0.1, 0.15) is 39.0 Å². The van der Waals surface area contributed by atoms with E-state index in [9.17, 15) is 4.79 Å². The van der Waals surface area contributed by atoms with Gasteiger partial charge in [-0.3, -0.25) is 4.79 Å². The van der Waals surface area contributed by atoms with Crippen LogP contribution in [0.3, 0.4) is 0 Å². The third-order valence-corrected chi connectivity index (χ3v) is 4.10. The smallest absolute Gasteiger partial charge is 0.224 e. The molecule has 2 fully saturated rings. The van der Waals surface area contributed by atoms with Crippen LogP contribution in [0.4, 0.5) is 0 Å². The highest BCUT2D eigenvalue weighted by atomic mass is 16.5. The van der Waals surface area contributed by atoms with Crippen molar-refractivity contribution in [2.75, 3.05) is 32.8 Å². The lowest BCUT2D eigenvalue weighted by Gasteiger charge is -2.29. The Kier molecular flexibility index (Phi) is 5.45. The Hall–Kier alpha value is -0.610. The Morgan fingerprint density at radius 1 is 1.22 bits per heavy atom. The van der Waals surface area contributed by atoms with E-state index in [1.165, 1.54) is 25.7 Å². The van der Waals surface area contributed by atoms with E-state index in [2.05, 4.69) is 12.2 Å². The molecule has 1 heterocycles. The summed E-state index contributed by atoms with van der Waals surface area (Å²) in [5.41, 5.74) is 0. The predicted octanol–water partition coefficient (Wildman–Crippen LogP) is 1.40. The van der Waals surface area contributed by atoms with Crippen LogP contribution in [-0.4, -0.2) is 49.7 Å². The monoisotopic (exact) mass is 254 g/mol. The van der Waals surface area contributed by atoms with Crippen LogP contribution < -0.4 is 5.32 Å². The van der Waals surface area contributed by atoms with Crippen molar-refractivity contribution in [1.82, 2.24) is 10.2 Å². The van der Waals surface area contributed by atoms with Crippen molar-refractivity contribution >= 4 is 5.91 Å². The molecule has 0 radical (unpaired) electrons. The SMILES string of the molecule is CC1CCC(OCCC(=O)N2CCNCC2)CC1. The Balaban J connectivity index is 1.58. The molecule has 18 heavy (non-hydrogen) atoms. The Morgan fingerprint density at radius 2 is 1.89 bits per heavy atom. The second kappa shape index (κ2) is 7.10. The van der Waals surface area contributed by atoms with E-state index in [0.29, 0.717) is 19.1 Å². The average Bonchev–Trinajstić information content (AvgIpc) is 2.42. The number of amides is 1. The number of hydrogen-bond acceptors (Lipinski definition) is 3. The topological polar surface area (TPSA) is 41.6 Å². The summed E-state index contributed by atoms with van der Waals surface area (Å²) in [5.74, 6) is 1.10. The highest BCUT2D eigenvalue weighted by Gasteiger charge is 2.20. The molecule has 0 spiro atoms. The predicted molar refractivity (Wildman–Crippen MR) is 71.4 cm³/mol. The summed E-state index contributed by atoms with van der Waals surface area (Å²) in [5, 5.41) is 3.26. The van der Waals surface area contributed by atoms with Gasteiger partial charge in [0, 0.05) is 26.2 Å². The molecule has 1 saturated carbocycles. The van der Waals surface area contributed by atoms with Gasteiger partial charge in [0.1, 0.15) is 0 Å². The number of nitrogens with zero attached hydrogens (tertiary/aromatic N) is 1. The highest BCUT2D eigenvalue weighted by molar-refractivity contribution is 5.76. The van der Waals surface area contributed by atoms with E-state index in [0.717, 1.165) is 32.1 Å². The molecule has 0 bridgehead atoms. The van der Waals surface area contributed by atoms with E-state index < -0.39 is 0 Å². The van der Waals surface area contributed by atoms with Crippen LogP contribution in [0.15, 0.2) is 0 Å². The number of carbonyl (C=O) groups is 1. The van der Waals surface area contributed by atoms with E-state index in [-0.39, 0.29) is 5.91 Å². The minimum Gasteiger partial charge on any atom is -0.378 e. The van der Waals surface area contributed by atoms with Gasteiger partial charge in [0.25, 0.3) is 0 Å². The van der Waals surface area contributed by atoms with Crippen molar-refractivity contribution in [1.29, 1.82) is 0 Å². The second-order valence-electron chi connectivity index (χ2n) is 5.63. The Bertz CT molecular complexity index is 257. The van der Waals surface area contributed by atoms with Crippen molar-refractivity contribution in [3.8, 4) is 0 Å². The molecule has 1 aliphatic heterocycles. The molecule has 4 nitrogen and oxygen atoms in total. The van der Waals surface area contributed by atoms with Crippen LogP contribution in [0, 0.1) is 5.92 Å². The molecule has 0 aromatic carbocycles. The quantitative estimate of drug-likeness (QED) is 0.824. The van der Waals surface area contributed by atoms with Gasteiger partial charge in [-0.15, -0.1) is 0 Å². The fourth-order valence-corrected chi connectivity index (χ4v) is 2.78. The van der Waals surface area contributed by atoms with Crippen molar-refractivity contribution in [2.45, 2.75) is 45.1 Å². The summed E-state index contributed by atoms with van der Waals surface area (Å²) in [6.45, 7) is 6.45. The lowest BCUT2D eigenvalue weighted by Crippen LogP contribution is -2.46. The fraction of sp³-hybridized carbons (Fsp3) is 0.929. The fourth-order valence-electron chi connectivity index (χ4n) is 2.78. The number of hydrogen-bond donors (Lipinski definition) is 1. The Labute approximate surface area is 110 Å². The van der Waals surface area contributed by atoms with Gasteiger partial charge in [-0.25, -0.2) is 0 Å². The van der Waals surface area contributed by atoms with Crippen LogP contribution in [0.2, 0.25) is 0 Å². The van der Waals surface area contributed by atoms with Gasteiger partial charge in [0.2, 0.25) is 5.91 Å². The largest absolute Gasteiger partial charge is 0.378 e. The lowest BCUT2D eigenvalue weighted by molar-refractivity contribution is -0.133. The lowest BCUT2D eigenvalue weighted by atomic mass is 9.89. The van der Waals surface area contributed by atoms with E-state index in [4.69, 9.17) is 4.74 Å². The molecule has 0 atom stereocenters. The van der Waals surface area contributed by atoms with Crippen molar-refractivity contribution in [3.05, 3.63) is 0 Å². The first-order valence-corrected chi connectivity index (χ1v) is 7.36. The molecular formula is C14H26N2O2. The first kappa shape index (κ1) is 13.8. The molecular weight excluding hydrogens is 228 g/mol. The maximum absolute atomic E-state index is 11.9. The summed E-state index contributed by atoms with van der Waals surface area (Å²) < 4.78 is 5.83. The van der Waals surface area contributed by atoms with Crippen molar-refractivity contribution in [3.63, 3.8) is 0 Å². The summed E-state index contributed by atoms with van der Waals surface area (Å²) in [4.78, 5) is 13.9. The van der Waals surface area contributed by atoms with Gasteiger partial charge >= 0.3 is 0 Å². The van der Waals surface area contributed by atoms with Gasteiger partial charge in [-0.2, -0.15) is 0 Å². The molecule has 1 amide bonds. The molecule has 2 rings (SSSR count). The molecule has 0 unspecified atom stereocenters. The third-order valence-electron chi connectivity index (χ3n) is 4.10. The van der Waals surface area contributed by atoms with E-state index in [1.807, 2.05) is 4.90 Å². The van der Waals surface area contributed by atoms with Crippen molar-refractivity contribution in [2.24, 2.45) is 5.92 Å². The molecule has 104 valence electrons. The number of rotatable bonds is 4. The summed E-state index contributed by atoms with van der Waals surface area (Å²) >= 11 is 0. The molecule has 4 heteroatoms. The maximum atomic E-state index is 11.9. The highest BCUT2D eigenvalue weighted by Crippen LogP contribution is 2.25. The van der Waals surface area contributed by atoms with E-state index in [1.54, 1.807) is 0 Å². The zero-order chi connectivity index (χ0) is 12.8. The molecule has 1 aliphatic carbocycles. The van der Waals surface area contributed by atoms with Gasteiger partial charge in [0.05, 0.1) is 19.1 Å². The standard InChI is InChI=1S/C14H26N2O2/c1-12-2-4-13(5-3-12)18-11-6-14(17)16-9-7-15-8-10-16/h12-13,15H,2-11H2,1H3. The molecule has 1 saturated heterocycles. The zero-order valence-corrected chi connectivity index (χ0v) is 11.5. The van der Waals surface area contributed by atoms with Crippen LogP contribution >= 0.6 is 0 Å². The summed E-state index contributed by atoms with van der Waals surface area (Å²) in [7, 11) is 0. The normalized spacial score (nSPS) is 29.3. The van der Waals surface area contributed by atoms with Crippen LogP contribution in [-0.2, 0) is 9.53 Å². The zero-order valence-electron chi connectivity index (χ0n) is 11.5. The van der Waals surface area contributed by atoms with Gasteiger partial charge < -0.3 is 15.0 Å². The molecule has 2 aliphatic rings. The van der Waals surface area contributed by atoms with Crippen molar-refractivity contribution < 1.29 is 9.53 Å². The minimum absolute atomic E-state index is 0.251. The third kappa shape index (κ3) is 4.25. The first-order valence-electron chi connectivity index (χ1n) is 7.36. The van der Waals surface area contributed by atoms with Gasteiger partial charge in [0.15, 0.2) is 0 Å². The van der Waals surface area contributed by atoms with E-state index >= 15 is 0 Å². The Morgan fingerprint density at radius 3 is 2.56 bits per heavy atom. The van der Waals surface area contributed by atoms with Crippen LogP contribution in [0.5, 0.6) is 0 Å². The molecule has 1 N–H and O–H groups in total. The molecule has 0 aromatic heterocycles. The summed E-state index contributed by atoms with van der Waals surface area (Å²) in [6, 6.07) is 0. The number of piperazine rings is 1.